The quantitative estimate of drug-likeness (QED) is 0.856. The molecule has 1 aromatic carbocycles. The first kappa shape index (κ1) is 11.9. The summed E-state index contributed by atoms with van der Waals surface area (Å²) in [6, 6.07) is 13.6. The molecule has 0 radical (unpaired) electrons. The summed E-state index contributed by atoms with van der Waals surface area (Å²) >= 11 is 4.88. The van der Waals surface area contributed by atoms with E-state index in [-0.39, 0.29) is 0 Å². The number of thiophene rings is 1. The van der Waals surface area contributed by atoms with E-state index < -0.39 is 0 Å². The third-order valence-corrected chi connectivity index (χ3v) is 3.72. The molecule has 0 aliphatic rings. The van der Waals surface area contributed by atoms with Crippen LogP contribution in [0.1, 0.15) is 10.4 Å². The van der Waals surface area contributed by atoms with Crippen molar-refractivity contribution in [3.63, 3.8) is 0 Å². The number of rotatable bonds is 2. The Bertz CT molecular complexity index is 577. The Hall–Kier alpha value is -1.57. The zero-order valence-corrected chi connectivity index (χ0v) is 11.3. The summed E-state index contributed by atoms with van der Waals surface area (Å²) in [5.74, 6) is 0. The van der Waals surface area contributed by atoms with Crippen molar-refractivity contribution in [3.8, 4) is 6.07 Å². The standard InChI is InChI=1S/C13H9BrN2S/c14-10-5-3-9(4-6-10)13(16)11(8-15)12-2-1-7-17-12/h1-7H,16H2/b13-11-. The minimum atomic E-state index is 0.516. The van der Waals surface area contributed by atoms with Crippen LogP contribution in [0.2, 0.25) is 0 Å². The van der Waals surface area contributed by atoms with Crippen LogP contribution in [0.5, 0.6) is 0 Å². The Kier molecular flexibility index (Phi) is 3.62. The highest BCUT2D eigenvalue weighted by atomic mass is 79.9. The van der Waals surface area contributed by atoms with E-state index in [1.165, 1.54) is 11.3 Å². The van der Waals surface area contributed by atoms with Crippen LogP contribution in [-0.2, 0) is 0 Å². The third kappa shape index (κ3) is 2.57. The number of nitriles is 1. The average molecular weight is 305 g/mol. The Morgan fingerprint density at radius 3 is 2.47 bits per heavy atom. The van der Waals surface area contributed by atoms with Crippen LogP contribution in [-0.4, -0.2) is 0 Å². The lowest BCUT2D eigenvalue weighted by Gasteiger charge is -2.04. The molecule has 0 bridgehead atoms. The summed E-state index contributed by atoms with van der Waals surface area (Å²) < 4.78 is 0.990. The van der Waals surface area contributed by atoms with Gasteiger partial charge in [0.25, 0.3) is 0 Å². The minimum Gasteiger partial charge on any atom is -0.397 e. The summed E-state index contributed by atoms with van der Waals surface area (Å²) in [4.78, 5) is 0.896. The molecule has 2 aromatic rings. The average Bonchev–Trinajstić information content (AvgIpc) is 2.84. The molecule has 2 nitrogen and oxygen atoms in total. The molecule has 2 N–H and O–H groups in total. The van der Waals surface area contributed by atoms with Gasteiger partial charge in [0.05, 0.1) is 11.3 Å². The molecular weight excluding hydrogens is 296 g/mol. The number of nitrogens with two attached hydrogens (primary N) is 1. The van der Waals surface area contributed by atoms with Gasteiger partial charge in [0.1, 0.15) is 6.07 Å². The lowest BCUT2D eigenvalue weighted by molar-refractivity contribution is 1.49. The van der Waals surface area contributed by atoms with Gasteiger partial charge >= 0.3 is 0 Å². The summed E-state index contributed by atoms with van der Waals surface area (Å²) in [5, 5.41) is 11.1. The largest absolute Gasteiger partial charge is 0.397 e. The van der Waals surface area contributed by atoms with Crippen molar-refractivity contribution in [2.75, 3.05) is 0 Å². The van der Waals surface area contributed by atoms with Gasteiger partial charge < -0.3 is 5.73 Å². The molecule has 0 saturated carbocycles. The number of allylic oxidation sites excluding steroid dienone is 1. The van der Waals surface area contributed by atoms with Gasteiger partial charge in [0.2, 0.25) is 0 Å². The molecule has 0 aliphatic heterocycles. The normalized spacial score (nSPS) is 11.8. The van der Waals surface area contributed by atoms with Crippen molar-refractivity contribution in [1.29, 1.82) is 5.26 Å². The fourth-order valence-corrected chi connectivity index (χ4v) is 2.44. The van der Waals surface area contributed by atoms with E-state index in [0.717, 1.165) is 14.9 Å². The summed E-state index contributed by atoms with van der Waals surface area (Å²) in [5.41, 5.74) is 7.95. The minimum absolute atomic E-state index is 0.516. The van der Waals surface area contributed by atoms with Gasteiger partial charge in [0, 0.05) is 9.35 Å². The highest BCUT2D eigenvalue weighted by Gasteiger charge is 2.08. The van der Waals surface area contributed by atoms with Gasteiger partial charge in [-0.3, -0.25) is 0 Å². The van der Waals surface area contributed by atoms with Crippen LogP contribution >= 0.6 is 27.3 Å². The first-order valence-electron chi connectivity index (χ1n) is 4.92. The molecule has 0 fully saturated rings. The van der Waals surface area contributed by atoms with Gasteiger partial charge in [-0.1, -0.05) is 34.1 Å². The third-order valence-electron chi connectivity index (χ3n) is 2.30. The van der Waals surface area contributed by atoms with E-state index in [1.54, 1.807) is 0 Å². The smallest absolute Gasteiger partial charge is 0.103 e. The maximum absolute atomic E-state index is 9.19. The molecule has 0 unspecified atom stereocenters. The molecule has 0 aliphatic carbocycles. The SMILES string of the molecule is N#C/C(=C(/N)c1ccc(Br)cc1)c1cccs1. The molecule has 17 heavy (non-hydrogen) atoms. The summed E-state index contributed by atoms with van der Waals surface area (Å²) in [6.45, 7) is 0. The molecule has 0 saturated heterocycles. The number of nitrogens with zero attached hydrogens (tertiary/aromatic N) is 1. The Balaban J connectivity index is 2.50. The molecule has 0 spiro atoms. The van der Waals surface area contributed by atoms with Crippen LogP contribution in [0.3, 0.4) is 0 Å². The fraction of sp³-hybridized carbons (Fsp3) is 0. The predicted molar refractivity (Wildman–Crippen MR) is 75.1 cm³/mol. The van der Waals surface area contributed by atoms with Gasteiger partial charge in [-0.05, 0) is 29.1 Å². The van der Waals surface area contributed by atoms with E-state index in [9.17, 15) is 5.26 Å². The van der Waals surface area contributed by atoms with Crippen LogP contribution in [0.4, 0.5) is 0 Å². The van der Waals surface area contributed by atoms with Crippen molar-refractivity contribution < 1.29 is 0 Å². The Morgan fingerprint density at radius 1 is 1.24 bits per heavy atom. The monoisotopic (exact) mass is 304 g/mol. The molecule has 1 heterocycles. The maximum Gasteiger partial charge on any atom is 0.103 e. The van der Waals surface area contributed by atoms with E-state index in [2.05, 4.69) is 22.0 Å². The van der Waals surface area contributed by atoms with Crippen LogP contribution < -0.4 is 5.73 Å². The number of halogens is 1. The number of hydrogen-bond acceptors (Lipinski definition) is 3. The molecular formula is C13H9BrN2S. The van der Waals surface area contributed by atoms with Crippen LogP contribution in [0.15, 0.2) is 46.3 Å². The summed E-state index contributed by atoms with van der Waals surface area (Å²) in [6.07, 6.45) is 0. The van der Waals surface area contributed by atoms with Crippen molar-refractivity contribution in [2.45, 2.75) is 0 Å². The number of benzene rings is 1. The van der Waals surface area contributed by atoms with Gasteiger partial charge in [-0.15, -0.1) is 11.3 Å². The second-order valence-electron chi connectivity index (χ2n) is 3.38. The lowest BCUT2D eigenvalue weighted by Crippen LogP contribution is -1.99. The molecule has 84 valence electrons. The van der Waals surface area contributed by atoms with Crippen molar-refractivity contribution in [3.05, 3.63) is 56.7 Å². The second-order valence-corrected chi connectivity index (χ2v) is 5.25. The van der Waals surface area contributed by atoms with E-state index >= 15 is 0 Å². The Labute approximate surface area is 112 Å². The van der Waals surface area contributed by atoms with Crippen LogP contribution in [0, 0.1) is 11.3 Å². The van der Waals surface area contributed by atoms with Crippen molar-refractivity contribution >= 4 is 38.5 Å². The van der Waals surface area contributed by atoms with E-state index in [4.69, 9.17) is 5.73 Å². The second kappa shape index (κ2) is 5.17. The van der Waals surface area contributed by atoms with E-state index in [1.807, 2.05) is 41.8 Å². The van der Waals surface area contributed by atoms with Crippen molar-refractivity contribution in [1.82, 2.24) is 0 Å². The predicted octanol–water partition coefficient (Wildman–Crippen LogP) is 3.86. The highest BCUT2D eigenvalue weighted by molar-refractivity contribution is 9.10. The zero-order valence-electron chi connectivity index (χ0n) is 8.85. The van der Waals surface area contributed by atoms with Gasteiger partial charge in [0.15, 0.2) is 0 Å². The highest BCUT2D eigenvalue weighted by Crippen LogP contribution is 2.26. The summed E-state index contributed by atoms with van der Waals surface area (Å²) in [7, 11) is 0. The fourth-order valence-electron chi connectivity index (χ4n) is 1.44. The van der Waals surface area contributed by atoms with Gasteiger partial charge in [-0.25, -0.2) is 0 Å². The first-order chi connectivity index (χ1) is 8.22. The topological polar surface area (TPSA) is 49.8 Å². The molecule has 1 aromatic heterocycles. The lowest BCUT2D eigenvalue weighted by atomic mass is 10.1. The maximum atomic E-state index is 9.19. The van der Waals surface area contributed by atoms with Gasteiger partial charge in [-0.2, -0.15) is 5.26 Å². The number of hydrogen-bond donors (Lipinski definition) is 1. The molecule has 0 amide bonds. The van der Waals surface area contributed by atoms with E-state index in [0.29, 0.717) is 11.3 Å². The first-order valence-corrected chi connectivity index (χ1v) is 6.59. The van der Waals surface area contributed by atoms with Crippen LogP contribution in [0.25, 0.3) is 11.3 Å². The zero-order chi connectivity index (χ0) is 12.3. The molecule has 0 atom stereocenters. The van der Waals surface area contributed by atoms with Crippen molar-refractivity contribution in [2.24, 2.45) is 5.73 Å². The molecule has 4 heteroatoms. The molecule has 2 rings (SSSR count). The Morgan fingerprint density at radius 2 is 1.94 bits per heavy atom.